The van der Waals surface area contributed by atoms with Crippen LogP contribution in [0.1, 0.15) is 23.8 Å². The highest BCUT2D eigenvalue weighted by Gasteiger charge is 2.30. The molecule has 2 heterocycles. The van der Waals surface area contributed by atoms with Crippen molar-refractivity contribution in [2.45, 2.75) is 31.0 Å². The summed E-state index contributed by atoms with van der Waals surface area (Å²) in [5.41, 5.74) is 0. The second kappa shape index (κ2) is 6.14. The Morgan fingerprint density at radius 1 is 1.58 bits per heavy atom. The van der Waals surface area contributed by atoms with Gasteiger partial charge in [-0.1, -0.05) is 6.07 Å². The number of carboxylic acid groups (broad SMARTS) is 1. The molecule has 1 amide bonds. The number of carboxylic acids is 1. The molecule has 7 heteroatoms. The molecule has 1 saturated heterocycles. The molecule has 1 aliphatic heterocycles. The number of carbonyl (C=O) groups excluding carboxylic acids is 1. The Labute approximate surface area is 114 Å². The summed E-state index contributed by atoms with van der Waals surface area (Å²) in [4.78, 5) is 23.7. The molecule has 0 spiro atoms. The number of β-amino-alcohol motifs (C(OH)–C–C–N with tert-alkyl or cyclic N) is 1. The Morgan fingerprint density at radius 2 is 2.37 bits per heavy atom. The van der Waals surface area contributed by atoms with Crippen molar-refractivity contribution in [1.29, 1.82) is 0 Å². The van der Waals surface area contributed by atoms with Crippen molar-refractivity contribution in [2.75, 3.05) is 6.54 Å². The van der Waals surface area contributed by atoms with Gasteiger partial charge in [-0.05, 0) is 17.9 Å². The summed E-state index contributed by atoms with van der Waals surface area (Å²) in [6.45, 7) is 0.390. The normalized spacial score (nSPS) is 24.1. The van der Waals surface area contributed by atoms with Gasteiger partial charge in [-0.25, -0.2) is 0 Å². The van der Waals surface area contributed by atoms with Crippen molar-refractivity contribution in [1.82, 2.24) is 10.6 Å². The third-order valence-corrected chi connectivity index (χ3v) is 3.99. The lowest BCUT2D eigenvalue weighted by Gasteiger charge is -2.18. The summed E-state index contributed by atoms with van der Waals surface area (Å²) in [6.07, 6.45) is -0.312. The molecule has 0 aromatic carbocycles. The number of aliphatic carboxylic acids is 1. The fourth-order valence-corrected chi connectivity index (χ4v) is 2.85. The van der Waals surface area contributed by atoms with Gasteiger partial charge >= 0.3 is 5.97 Å². The van der Waals surface area contributed by atoms with Crippen LogP contribution in [0.25, 0.3) is 0 Å². The Balaban J connectivity index is 1.99. The first-order valence-electron chi connectivity index (χ1n) is 6.03. The average molecular weight is 284 g/mol. The quantitative estimate of drug-likeness (QED) is 0.615. The van der Waals surface area contributed by atoms with Crippen molar-refractivity contribution >= 4 is 23.2 Å². The van der Waals surface area contributed by atoms with E-state index >= 15 is 0 Å². The lowest BCUT2D eigenvalue weighted by atomic mass is 10.1. The number of aliphatic hydroxyl groups is 1. The van der Waals surface area contributed by atoms with E-state index in [0.717, 1.165) is 4.88 Å². The average Bonchev–Trinajstić information content (AvgIpc) is 2.97. The number of amides is 1. The first kappa shape index (κ1) is 14.0. The van der Waals surface area contributed by atoms with E-state index in [9.17, 15) is 14.7 Å². The molecule has 104 valence electrons. The summed E-state index contributed by atoms with van der Waals surface area (Å²) in [6, 6.07) is 2.64. The summed E-state index contributed by atoms with van der Waals surface area (Å²) < 4.78 is 0. The summed E-state index contributed by atoms with van der Waals surface area (Å²) >= 11 is 1.41. The van der Waals surface area contributed by atoms with Crippen LogP contribution in [0.5, 0.6) is 0 Å². The van der Waals surface area contributed by atoms with E-state index in [1.807, 2.05) is 11.4 Å². The molecule has 0 aliphatic carbocycles. The van der Waals surface area contributed by atoms with Gasteiger partial charge in [-0.3, -0.25) is 9.59 Å². The van der Waals surface area contributed by atoms with E-state index in [1.165, 1.54) is 11.3 Å². The van der Waals surface area contributed by atoms with Crippen LogP contribution in [-0.2, 0) is 9.59 Å². The van der Waals surface area contributed by atoms with E-state index in [1.54, 1.807) is 6.07 Å². The molecule has 6 nitrogen and oxygen atoms in total. The van der Waals surface area contributed by atoms with Gasteiger partial charge in [-0.2, -0.15) is 0 Å². The molecular weight excluding hydrogens is 268 g/mol. The highest BCUT2D eigenvalue weighted by molar-refractivity contribution is 7.10. The second-order valence-corrected chi connectivity index (χ2v) is 5.50. The number of aliphatic hydroxyl groups excluding tert-OH is 1. The van der Waals surface area contributed by atoms with Crippen LogP contribution in [0.15, 0.2) is 17.5 Å². The fraction of sp³-hybridized carbons (Fsp3) is 0.500. The standard InChI is InChI=1S/C12H16N2O4S/c15-7-4-9(13-6-7)12(18)14-8(5-11(16)17)10-2-1-3-19-10/h1-3,7-9,13,15H,4-6H2,(H,14,18)(H,16,17). The molecule has 1 fully saturated rings. The van der Waals surface area contributed by atoms with E-state index < -0.39 is 24.2 Å². The van der Waals surface area contributed by atoms with E-state index in [2.05, 4.69) is 10.6 Å². The molecule has 0 radical (unpaired) electrons. The first-order valence-corrected chi connectivity index (χ1v) is 6.91. The van der Waals surface area contributed by atoms with Gasteiger partial charge in [0.25, 0.3) is 0 Å². The van der Waals surface area contributed by atoms with Crippen LogP contribution in [0.4, 0.5) is 0 Å². The molecule has 1 aromatic rings. The highest BCUT2D eigenvalue weighted by Crippen LogP contribution is 2.22. The summed E-state index contributed by atoms with van der Waals surface area (Å²) in [5, 5.41) is 25.8. The largest absolute Gasteiger partial charge is 0.481 e. The molecule has 3 atom stereocenters. The van der Waals surface area contributed by atoms with Crippen molar-refractivity contribution in [3.05, 3.63) is 22.4 Å². The molecule has 1 aliphatic rings. The van der Waals surface area contributed by atoms with Gasteiger partial charge < -0.3 is 20.8 Å². The zero-order valence-corrected chi connectivity index (χ0v) is 11.0. The maximum Gasteiger partial charge on any atom is 0.305 e. The van der Waals surface area contributed by atoms with Crippen LogP contribution < -0.4 is 10.6 Å². The van der Waals surface area contributed by atoms with Crippen LogP contribution in [0.2, 0.25) is 0 Å². The van der Waals surface area contributed by atoms with Crippen LogP contribution >= 0.6 is 11.3 Å². The number of rotatable bonds is 5. The number of nitrogens with one attached hydrogen (secondary N) is 2. The van der Waals surface area contributed by atoms with Gasteiger partial charge in [0.15, 0.2) is 0 Å². The molecule has 1 aromatic heterocycles. The lowest BCUT2D eigenvalue weighted by Crippen LogP contribution is -2.42. The monoisotopic (exact) mass is 284 g/mol. The third kappa shape index (κ3) is 3.76. The Kier molecular flexibility index (Phi) is 4.52. The molecule has 0 saturated carbocycles. The molecule has 2 rings (SSSR count). The van der Waals surface area contributed by atoms with Crippen molar-refractivity contribution in [2.24, 2.45) is 0 Å². The first-order chi connectivity index (χ1) is 9.06. The van der Waals surface area contributed by atoms with Gasteiger partial charge in [0.1, 0.15) is 0 Å². The Hall–Kier alpha value is -1.44. The predicted octanol–water partition coefficient (Wildman–Crippen LogP) is 0.103. The SMILES string of the molecule is O=C(O)CC(NC(=O)C1CC(O)CN1)c1cccs1. The lowest BCUT2D eigenvalue weighted by molar-refractivity contribution is -0.137. The Morgan fingerprint density at radius 3 is 2.89 bits per heavy atom. The van der Waals surface area contributed by atoms with Crippen LogP contribution in [-0.4, -0.2) is 40.8 Å². The van der Waals surface area contributed by atoms with Crippen molar-refractivity contribution < 1.29 is 19.8 Å². The smallest absolute Gasteiger partial charge is 0.305 e. The van der Waals surface area contributed by atoms with E-state index in [4.69, 9.17) is 5.11 Å². The maximum atomic E-state index is 12.0. The molecule has 4 N–H and O–H groups in total. The zero-order chi connectivity index (χ0) is 13.8. The predicted molar refractivity (Wildman–Crippen MR) is 69.9 cm³/mol. The topological polar surface area (TPSA) is 98.7 Å². The molecule has 3 unspecified atom stereocenters. The van der Waals surface area contributed by atoms with E-state index in [0.29, 0.717) is 13.0 Å². The van der Waals surface area contributed by atoms with Crippen molar-refractivity contribution in [3.8, 4) is 0 Å². The van der Waals surface area contributed by atoms with Gasteiger partial charge in [0, 0.05) is 11.4 Å². The van der Waals surface area contributed by atoms with Crippen molar-refractivity contribution in [3.63, 3.8) is 0 Å². The number of hydrogen-bond acceptors (Lipinski definition) is 5. The number of hydrogen-bond donors (Lipinski definition) is 4. The highest BCUT2D eigenvalue weighted by atomic mass is 32.1. The number of thiophene rings is 1. The fourth-order valence-electron chi connectivity index (χ4n) is 2.08. The molecule has 0 bridgehead atoms. The summed E-state index contributed by atoms with van der Waals surface area (Å²) in [5.74, 6) is -1.23. The maximum absolute atomic E-state index is 12.0. The molecular formula is C12H16N2O4S. The van der Waals surface area contributed by atoms with E-state index in [-0.39, 0.29) is 12.3 Å². The summed E-state index contributed by atoms with van der Waals surface area (Å²) in [7, 11) is 0. The minimum atomic E-state index is -0.960. The molecule has 19 heavy (non-hydrogen) atoms. The second-order valence-electron chi connectivity index (χ2n) is 4.52. The van der Waals surface area contributed by atoms with Gasteiger partial charge in [0.05, 0.1) is 24.6 Å². The Bertz CT molecular complexity index is 449. The zero-order valence-electron chi connectivity index (χ0n) is 10.2. The van der Waals surface area contributed by atoms with Gasteiger partial charge in [0.2, 0.25) is 5.91 Å². The minimum Gasteiger partial charge on any atom is -0.481 e. The van der Waals surface area contributed by atoms with Crippen LogP contribution in [0.3, 0.4) is 0 Å². The minimum absolute atomic E-state index is 0.151. The number of carbonyl (C=O) groups is 2. The third-order valence-electron chi connectivity index (χ3n) is 3.01. The van der Waals surface area contributed by atoms with Crippen LogP contribution in [0, 0.1) is 0 Å². The van der Waals surface area contributed by atoms with Gasteiger partial charge in [-0.15, -0.1) is 11.3 Å².